The number of hydrogen-bond donors (Lipinski definition) is 1. The van der Waals surface area contributed by atoms with Gasteiger partial charge in [0, 0.05) is 23.2 Å². The summed E-state index contributed by atoms with van der Waals surface area (Å²) in [4.78, 5) is 4.59. The molecule has 1 N–H and O–H groups in total. The van der Waals surface area contributed by atoms with Crippen LogP contribution in [0.4, 0.5) is 0 Å². The Balaban J connectivity index is 1.55. The number of nitrogens with one attached hydrogen (secondary N) is 1. The summed E-state index contributed by atoms with van der Waals surface area (Å²) < 4.78 is 0. The summed E-state index contributed by atoms with van der Waals surface area (Å²) in [5.41, 5.74) is 5.44. The van der Waals surface area contributed by atoms with Crippen LogP contribution in [-0.2, 0) is 6.42 Å². The van der Waals surface area contributed by atoms with E-state index in [9.17, 15) is 0 Å². The average molecular weight is 403 g/mol. The molecule has 0 spiro atoms. The predicted octanol–water partition coefficient (Wildman–Crippen LogP) is 7.88. The predicted molar refractivity (Wildman–Crippen MR) is 130 cm³/mol. The lowest BCUT2D eigenvalue weighted by atomic mass is 9.79. The van der Waals surface area contributed by atoms with Gasteiger partial charge in [-0.3, -0.25) is 4.98 Å². The van der Waals surface area contributed by atoms with Gasteiger partial charge in [-0.15, -0.1) is 0 Å². The molecule has 1 saturated carbocycles. The van der Waals surface area contributed by atoms with Gasteiger partial charge in [-0.1, -0.05) is 69.6 Å². The van der Waals surface area contributed by atoms with Crippen LogP contribution in [0.15, 0.2) is 60.9 Å². The summed E-state index contributed by atoms with van der Waals surface area (Å²) in [6.45, 7) is 6.17. The third-order valence-corrected chi connectivity index (χ3v) is 6.53. The molecule has 2 aliphatic carbocycles. The second kappa shape index (κ2) is 11.8. The maximum absolute atomic E-state index is 8.49. The lowest BCUT2D eigenvalue weighted by Crippen LogP contribution is -2.12. The van der Waals surface area contributed by atoms with E-state index in [-0.39, 0.29) is 0 Å². The normalized spacial score (nSPS) is 20.1. The van der Waals surface area contributed by atoms with Crippen molar-refractivity contribution in [3.05, 3.63) is 72.1 Å². The smallest absolute Gasteiger partial charge is 0.0404 e. The van der Waals surface area contributed by atoms with Crippen molar-refractivity contribution in [3.63, 3.8) is 0 Å². The third-order valence-electron chi connectivity index (χ3n) is 6.53. The Kier molecular flexibility index (Phi) is 8.86. The summed E-state index contributed by atoms with van der Waals surface area (Å²) >= 11 is 0. The Bertz CT molecular complexity index is 788. The zero-order valence-corrected chi connectivity index (χ0v) is 18.7. The molecule has 0 radical (unpaired) electrons. The van der Waals surface area contributed by atoms with Crippen LogP contribution in [0.1, 0.15) is 82.4 Å². The molecule has 1 heterocycles. The van der Waals surface area contributed by atoms with E-state index in [1.807, 2.05) is 18.3 Å². The molecule has 30 heavy (non-hydrogen) atoms. The lowest BCUT2D eigenvalue weighted by molar-refractivity contribution is 0.403. The van der Waals surface area contributed by atoms with Gasteiger partial charge >= 0.3 is 0 Å². The van der Waals surface area contributed by atoms with E-state index in [2.05, 4.69) is 48.8 Å². The van der Waals surface area contributed by atoms with Gasteiger partial charge in [0.2, 0.25) is 0 Å². The van der Waals surface area contributed by atoms with E-state index in [1.54, 1.807) is 5.57 Å². The van der Waals surface area contributed by atoms with Crippen LogP contribution in [0, 0.1) is 17.2 Å². The van der Waals surface area contributed by atoms with E-state index < -0.39 is 0 Å². The molecule has 0 bridgehead atoms. The van der Waals surface area contributed by atoms with Crippen LogP contribution >= 0.6 is 0 Å². The minimum absolute atomic E-state index is 0.576. The standard InChI is InChI=1S/C28H38N2/c1-3-5-14-28-18-16-26(21-30-28)23(4-2)20-27(29)17-15-22-10-9-13-25(19-22)24-11-7-6-8-12-24/h4,9,13,16,18-22,24,29H,2-3,5-8,10-12,14-15,17H2,1H3/b23-20+,29-27?. The Morgan fingerprint density at radius 3 is 2.77 bits per heavy atom. The van der Waals surface area contributed by atoms with Gasteiger partial charge < -0.3 is 5.41 Å². The number of unbranched alkanes of at least 4 members (excludes halogenated alkanes) is 1. The molecular formula is C28H38N2. The summed E-state index contributed by atoms with van der Waals surface area (Å²) in [7, 11) is 0. The minimum Gasteiger partial charge on any atom is -0.305 e. The van der Waals surface area contributed by atoms with Gasteiger partial charge in [0.25, 0.3) is 0 Å². The molecular weight excluding hydrogens is 364 g/mol. The Morgan fingerprint density at radius 1 is 1.23 bits per heavy atom. The lowest BCUT2D eigenvalue weighted by Gasteiger charge is -2.26. The molecule has 0 amide bonds. The van der Waals surface area contributed by atoms with Gasteiger partial charge in [0.1, 0.15) is 0 Å². The Morgan fingerprint density at radius 2 is 2.07 bits per heavy atom. The van der Waals surface area contributed by atoms with Crippen LogP contribution in [0.2, 0.25) is 0 Å². The molecule has 1 atom stereocenters. The van der Waals surface area contributed by atoms with Gasteiger partial charge in [-0.2, -0.15) is 0 Å². The number of rotatable bonds is 10. The molecule has 0 aliphatic heterocycles. The van der Waals surface area contributed by atoms with Crippen molar-refractivity contribution in [1.29, 1.82) is 5.41 Å². The fourth-order valence-corrected chi connectivity index (χ4v) is 4.65. The van der Waals surface area contributed by atoms with Gasteiger partial charge in [-0.25, -0.2) is 0 Å². The monoisotopic (exact) mass is 402 g/mol. The molecule has 1 aromatic rings. The van der Waals surface area contributed by atoms with Crippen LogP contribution in [0.5, 0.6) is 0 Å². The van der Waals surface area contributed by atoms with Crippen molar-refractivity contribution < 1.29 is 0 Å². The van der Waals surface area contributed by atoms with Crippen molar-refractivity contribution in [2.75, 3.05) is 0 Å². The fraction of sp³-hybridized carbons (Fsp3) is 0.500. The van der Waals surface area contributed by atoms with Crippen molar-refractivity contribution in [1.82, 2.24) is 4.98 Å². The average Bonchev–Trinajstić information content (AvgIpc) is 2.81. The van der Waals surface area contributed by atoms with Crippen molar-refractivity contribution >= 4 is 11.3 Å². The Hall–Kier alpha value is -2.22. The zero-order valence-electron chi connectivity index (χ0n) is 18.7. The number of aromatic nitrogens is 1. The molecule has 0 aromatic carbocycles. The zero-order chi connectivity index (χ0) is 21.2. The second-order valence-corrected chi connectivity index (χ2v) is 8.91. The number of hydrogen-bond acceptors (Lipinski definition) is 2. The summed E-state index contributed by atoms with van der Waals surface area (Å²) in [5.74, 6) is 1.35. The SMILES string of the molecule is C=C/C(=C\C(=N)CCC1C=C(C2CCCCC2)C=CC1)c1ccc(CCCC)nc1. The minimum atomic E-state index is 0.576. The molecule has 2 aliphatic rings. The van der Waals surface area contributed by atoms with E-state index in [0.29, 0.717) is 11.6 Å². The fourth-order valence-electron chi connectivity index (χ4n) is 4.65. The first-order chi connectivity index (χ1) is 14.7. The van der Waals surface area contributed by atoms with E-state index in [1.165, 1.54) is 44.9 Å². The van der Waals surface area contributed by atoms with Gasteiger partial charge in [0.15, 0.2) is 0 Å². The second-order valence-electron chi connectivity index (χ2n) is 8.91. The molecule has 3 rings (SSSR count). The maximum atomic E-state index is 8.49. The van der Waals surface area contributed by atoms with Gasteiger partial charge in [-0.05, 0) is 80.1 Å². The summed E-state index contributed by atoms with van der Waals surface area (Å²) in [6, 6.07) is 4.22. The Labute approximate surface area is 183 Å². The molecule has 0 saturated heterocycles. The molecule has 2 heteroatoms. The summed E-state index contributed by atoms with van der Waals surface area (Å²) in [5, 5.41) is 8.49. The largest absolute Gasteiger partial charge is 0.305 e. The van der Waals surface area contributed by atoms with Crippen molar-refractivity contribution in [2.24, 2.45) is 11.8 Å². The van der Waals surface area contributed by atoms with E-state index in [4.69, 9.17) is 5.41 Å². The molecule has 1 fully saturated rings. The molecule has 160 valence electrons. The maximum Gasteiger partial charge on any atom is 0.0404 e. The highest BCUT2D eigenvalue weighted by Gasteiger charge is 2.19. The van der Waals surface area contributed by atoms with Gasteiger partial charge in [0.05, 0.1) is 0 Å². The topological polar surface area (TPSA) is 36.7 Å². The first-order valence-corrected chi connectivity index (χ1v) is 11.9. The number of nitrogens with zero attached hydrogens (tertiary/aromatic N) is 1. The highest BCUT2D eigenvalue weighted by Crippen LogP contribution is 2.34. The van der Waals surface area contributed by atoms with Crippen molar-refractivity contribution in [2.45, 2.75) is 77.6 Å². The third kappa shape index (κ3) is 6.65. The number of pyridine rings is 1. The van der Waals surface area contributed by atoms with Crippen LogP contribution in [0.25, 0.3) is 5.57 Å². The quantitative estimate of drug-likeness (QED) is 0.313. The molecule has 1 unspecified atom stereocenters. The number of allylic oxidation sites excluding steroid dienone is 7. The van der Waals surface area contributed by atoms with Crippen LogP contribution in [0.3, 0.4) is 0 Å². The van der Waals surface area contributed by atoms with Crippen LogP contribution in [-0.4, -0.2) is 10.7 Å². The molecule has 1 aromatic heterocycles. The van der Waals surface area contributed by atoms with E-state index in [0.717, 1.165) is 48.4 Å². The summed E-state index contributed by atoms with van der Waals surface area (Å²) in [6.07, 6.45) is 26.2. The van der Waals surface area contributed by atoms with Crippen molar-refractivity contribution in [3.8, 4) is 0 Å². The number of aryl methyl sites for hydroxylation is 1. The van der Waals surface area contributed by atoms with E-state index >= 15 is 0 Å². The first kappa shape index (κ1) is 22.5. The first-order valence-electron chi connectivity index (χ1n) is 11.9. The highest BCUT2D eigenvalue weighted by atomic mass is 14.7. The molecule has 2 nitrogen and oxygen atoms in total. The highest BCUT2D eigenvalue weighted by molar-refractivity contribution is 6.00. The van der Waals surface area contributed by atoms with Crippen LogP contribution < -0.4 is 0 Å².